The normalized spacial score (nSPS) is 11.3. The lowest BCUT2D eigenvalue weighted by atomic mass is 10.2. The molecule has 0 bridgehead atoms. The highest BCUT2D eigenvalue weighted by Crippen LogP contribution is 2.25. The standard InChI is InChI=1S/C20H29N3O7/c1-9-28-16(25)15(24)22-13-10-12(2)14(21-11-13)23(17(26)29-19(3,4)5)18(27)30-20(6,7)8/h10-11H,9H2,1-8H3,(H,22,24). The van der Waals surface area contributed by atoms with Crippen LogP contribution in [0.5, 0.6) is 0 Å². The van der Waals surface area contributed by atoms with Crippen molar-refractivity contribution in [2.75, 3.05) is 16.8 Å². The molecule has 0 aliphatic carbocycles. The van der Waals surface area contributed by atoms with Crippen LogP contribution in [0.2, 0.25) is 0 Å². The van der Waals surface area contributed by atoms with Crippen LogP contribution < -0.4 is 10.2 Å². The Hall–Kier alpha value is -3.17. The summed E-state index contributed by atoms with van der Waals surface area (Å²) in [5, 5.41) is 2.34. The smallest absolute Gasteiger partial charge is 0.425 e. The number of hydrogen-bond donors (Lipinski definition) is 1. The van der Waals surface area contributed by atoms with Gasteiger partial charge in [-0.15, -0.1) is 0 Å². The molecule has 3 amide bonds. The molecular formula is C20H29N3O7. The second kappa shape index (κ2) is 9.55. The average Bonchev–Trinajstić information content (AvgIpc) is 2.54. The first-order valence-corrected chi connectivity index (χ1v) is 9.35. The molecule has 0 saturated heterocycles. The molecule has 0 saturated carbocycles. The Kier molecular flexibility index (Phi) is 7.92. The zero-order chi connectivity index (χ0) is 23.3. The van der Waals surface area contributed by atoms with Gasteiger partial charge in [-0.2, -0.15) is 4.90 Å². The SMILES string of the molecule is CCOC(=O)C(=O)Nc1cnc(N(C(=O)OC(C)(C)C)C(=O)OC(C)(C)C)c(C)c1. The van der Waals surface area contributed by atoms with Crippen molar-refractivity contribution in [1.29, 1.82) is 0 Å². The maximum absolute atomic E-state index is 12.7. The molecule has 1 aromatic rings. The van der Waals surface area contributed by atoms with Gasteiger partial charge in [0.1, 0.15) is 11.2 Å². The van der Waals surface area contributed by atoms with Crippen molar-refractivity contribution in [3.63, 3.8) is 0 Å². The zero-order valence-electron chi connectivity index (χ0n) is 18.6. The van der Waals surface area contributed by atoms with Gasteiger partial charge in [-0.3, -0.25) is 4.79 Å². The Morgan fingerprint density at radius 1 is 1.00 bits per heavy atom. The third kappa shape index (κ3) is 7.69. The second-order valence-electron chi connectivity index (χ2n) is 8.34. The first-order valence-electron chi connectivity index (χ1n) is 9.35. The Labute approximate surface area is 175 Å². The third-order valence-electron chi connectivity index (χ3n) is 3.13. The lowest BCUT2D eigenvalue weighted by Crippen LogP contribution is -2.44. The van der Waals surface area contributed by atoms with Gasteiger partial charge in [-0.25, -0.2) is 19.4 Å². The summed E-state index contributed by atoms with van der Waals surface area (Å²) in [6, 6.07) is 1.45. The van der Waals surface area contributed by atoms with Gasteiger partial charge in [0.25, 0.3) is 0 Å². The highest BCUT2D eigenvalue weighted by Gasteiger charge is 2.34. The van der Waals surface area contributed by atoms with Crippen molar-refractivity contribution in [2.45, 2.75) is 66.6 Å². The molecule has 166 valence electrons. The van der Waals surface area contributed by atoms with Crippen LogP contribution >= 0.6 is 0 Å². The van der Waals surface area contributed by atoms with Gasteiger partial charge < -0.3 is 19.5 Å². The quantitative estimate of drug-likeness (QED) is 0.444. The van der Waals surface area contributed by atoms with Crippen LogP contribution in [0.4, 0.5) is 21.1 Å². The molecule has 0 spiro atoms. The first kappa shape index (κ1) is 24.9. The summed E-state index contributed by atoms with van der Waals surface area (Å²) in [6.45, 7) is 13.2. The first-order chi connectivity index (χ1) is 13.6. The van der Waals surface area contributed by atoms with Crippen molar-refractivity contribution in [3.05, 3.63) is 17.8 Å². The number of carbonyl (C=O) groups excluding carboxylic acids is 4. The third-order valence-corrected chi connectivity index (χ3v) is 3.13. The van der Waals surface area contributed by atoms with E-state index in [-0.39, 0.29) is 18.1 Å². The van der Waals surface area contributed by atoms with E-state index in [2.05, 4.69) is 15.0 Å². The van der Waals surface area contributed by atoms with E-state index >= 15 is 0 Å². The summed E-state index contributed by atoms with van der Waals surface area (Å²) >= 11 is 0. The van der Waals surface area contributed by atoms with Crippen LogP contribution in [0.25, 0.3) is 0 Å². The van der Waals surface area contributed by atoms with Crippen LogP contribution in [0.1, 0.15) is 54.0 Å². The Morgan fingerprint density at radius 3 is 1.90 bits per heavy atom. The van der Waals surface area contributed by atoms with Gasteiger partial charge >= 0.3 is 24.1 Å². The number of amides is 3. The van der Waals surface area contributed by atoms with Crippen LogP contribution in [0.3, 0.4) is 0 Å². The van der Waals surface area contributed by atoms with Gasteiger partial charge in [-0.05, 0) is 67.0 Å². The van der Waals surface area contributed by atoms with E-state index in [1.54, 1.807) is 55.4 Å². The number of nitrogens with zero attached hydrogens (tertiary/aromatic N) is 2. The molecule has 30 heavy (non-hydrogen) atoms. The van der Waals surface area contributed by atoms with Crippen molar-refractivity contribution < 1.29 is 33.4 Å². The van der Waals surface area contributed by atoms with Crippen LogP contribution in [-0.4, -0.2) is 46.9 Å². The number of imide groups is 1. The summed E-state index contributed by atoms with van der Waals surface area (Å²) < 4.78 is 15.2. The maximum atomic E-state index is 12.7. The number of esters is 1. The van der Waals surface area contributed by atoms with E-state index in [4.69, 9.17) is 9.47 Å². The summed E-state index contributed by atoms with van der Waals surface area (Å²) in [4.78, 5) is 53.4. The summed E-state index contributed by atoms with van der Waals surface area (Å²) in [5.74, 6) is -2.04. The van der Waals surface area contributed by atoms with Crippen molar-refractivity contribution >= 4 is 35.6 Å². The lowest BCUT2D eigenvalue weighted by molar-refractivity contribution is -0.152. The van der Waals surface area contributed by atoms with E-state index in [1.165, 1.54) is 12.3 Å². The maximum Gasteiger partial charge on any atom is 0.425 e. The number of aromatic nitrogens is 1. The van der Waals surface area contributed by atoms with E-state index in [9.17, 15) is 19.2 Å². The Bertz CT molecular complexity index is 795. The average molecular weight is 423 g/mol. The van der Waals surface area contributed by atoms with Gasteiger partial charge in [0.15, 0.2) is 5.82 Å². The monoisotopic (exact) mass is 423 g/mol. The largest absolute Gasteiger partial charge is 0.459 e. The number of anilines is 2. The minimum absolute atomic E-state index is 0.0346. The molecule has 0 unspecified atom stereocenters. The van der Waals surface area contributed by atoms with E-state index in [0.29, 0.717) is 10.5 Å². The molecule has 0 aliphatic rings. The van der Waals surface area contributed by atoms with Gasteiger partial charge in [0.05, 0.1) is 18.5 Å². The molecular weight excluding hydrogens is 394 g/mol. The predicted octanol–water partition coefficient (Wildman–Crippen LogP) is 3.57. The van der Waals surface area contributed by atoms with Crippen molar-refractivity contribution in [3.8, 4) is 0 Å². The van der Waals surface area contributed by atoms with Gasteiger partial charge in [0.2, 0.25) is 0 Å². The molecule has 0 aliphatic heterocycles. The minimum atomic E-state index is -1.04. The topological polar surface area (TPSA) is 124 Å². The number of hydrogen-bond acceptors (Lipinski definition) is 8. The minimum Gasteiger partial charge on any atom is -0.459 e. The molecule has 10 heteroatoms. The summed E-state index contributed by atoms with van der Waals surface area (Å²) in [5.41, 5.74) is -1.19. The molecule has 1 aromatic heterocycles. The number of aryl methyl sites for hydroxylation is 1. The summed E-state index contributed by atoms with van der Waals surface area (Å²) in [7, 11) is 0. The lowest BCUT2D eigenvalue weighted by Gasteiger charge is -2.28. The van der Waals surface area contributed by atoms with E-state index in [0.717, 1.165) is 0 Å². The zero-order valence-corrected chi connectivity index (χ0v) is 18.6. The van der Waals surface area contributed by atoms with Gasteiger partial charge in [-0.1, -0.05) is 0 Å². The fourth-order valence-corrected chi connectivity index (χ4v) is 2.11. The van der Waals surface area contributed by atoms with Gasteiger partial charge in [0, 0.05) is 0 Å². The molecule has 0 fully saturated rings. The predicted molar refractivity (Wildman–Crippen MR) is 109 cm³/mol. The Balaban J connectivity index is 3.23. The molecule has 0 radical (unpaired) electrons. The molecule has 1 rings (SSSR count). The second-order valence-corrected chi connectivity index (χ2v) is 8.34. The fourth-order valence-electron chi connectivity index (χ4n) is 2.11. The number of rotatable bonds is 3. The van der Waals surface area contributed by atoms with E-state index in [1.807, 2.05) is 0 Å². The van der Waals surface area contributed by atoms with Crippen molar-refractivity contribution in [1.82, 2.24) is 4.98 Å². The van der Waals surface area contributed by atoms with Crippen molar-refractivity contribution in [2.24, 2.45) is 0 Å². The molecule has 0 atom stereocenters. The fraction of sp³-hybridized carbons (Fsp3) is 0.550. The molecule has 1 N–H and O–H groups in total. The number of carbonyl (C=O) groups is 4. The number of ether oxygens (including phenoxy) is 3. The summed E-state index contributed by atoms with van der Waals surface area (Å²) in [6.07, 6.45) is -0.729. The number of nitrogens with one attached hydrogen (secondary N) is 1. The van der Waals surface area contributed by atoms with Crippen LogP contribution in [0.15, 0.2) is 12.3 Å². The van der Waals surface area contributed by atoms with Crippen LogP contribution in [-0.2, 0) is 23.8 Å². The van der Waals surface area contributed by atoms with Crippen LogP contribution in [0, 0.1) is 6.92 Å². The van der Waals surface area contributed by atoms with E-state index < -0.39 is 35.3 Å². The highest BCUT2D eigenvalue weighted by atomic mass is 16.6. The molecule has 0 aromatic carbocycles. The molecule has 10 nitrogen and oxygen atoms in total. The number of pyridine rings is 1. The highest BCUT2D eigenvalue weighted by molar-refractivity contribution is 6.37. The molecule has 1 heterocycles. The Morgan fingerprint density at radius 2 is 1.50 bits per heavy atom.